The van der Waals surface area contributed by atoms with E-state index in [-0.39, 0.29) is 18.2 Å². The number of rotatable bonds is 8. The van der Waals surface area contributed by atoms with Crippen LogP contribution in [0.1, 0.15) is 40.2 Å². The molecule has 1 rings (SSSR count). The number of benzene rings is 1. The summed E-state index contributed by atoms with van der Waals surface area (Å²) in [6, 6.07) is 3.99. The molecule has 0 aliphatic carbocycles. The number of hydrogen-bond donors (Lipinski definition) is 2. The van der Waals surface area contributed by atoms with E-state index in [1.165, 1.54) is 0 Å². The highest BCUT2D eigenvalue weighted by Crippen LogP contribution is 2.37. The molecule has 0 amide bonds. The van der Waals surface area contributed by atoms with E-state index in [9.17, 15) is 5.11 Å². The van der Waals surface area contributed by atoms with Crippen molar-refractivity contribution >= 4 is 15.9 Å². The predicted molar refractivity (Wildman–Crippen MR) is 89.1 cm³/mol. The topological polar surface area (TPSA) is 50.7 Å². The van der Waals surface area contributed by atoms with E-state index in [0.29, 0.717) is 13.2 Å². The van der Waals surface area contributed by atoms with Gasteiger partial charge in [0.15, 0.2) is 11.5 Å². The number of ether oxygens (including phenoxy) is 2. The van der Waals surface area contributed by atoms with Gasteiger partial charge in [0.1, 0.15) is 0 Å². The molecule has 0 bridgehead atoms. The molecule has 0 fully saturated rings. The third-order valence-corrected chi connectivity index (χ3v) is 3.48. The molecule has 0 aliphatic rings. The number of halogens is 1. The first-order chi connectivity index (χ1) is 9.79. The van der Waals surface area contributed by atoms with E-state index in [1.54, 1.807) is 0 Å². The lowest BCUT2D eigenvalue weighted by atomic mass is 10.1. The van der Waals surface area contributed by atoms with Crippen LogP contribution in [0.4, 0.5) is 0 Å². The van der Waals surface area contributed by atoms with Gasteiger partial charge in [-0.25, -0.2) is 0 Å². The van der Waals surface area contributed by atoms with Crippen LogP contribution in [-0.2, 0) is 6.54 Å². The third kappa shape index (κ3) is 5.85. The highest BCUT2D eigenvalue weighted by atomic mass is 79.9. The fraction of sp³-hybridized carbons (Fsp3) is 0.625. The minimum atomic E-state index is -0.314. The monoisotopic (exact) mass is 359 g/mol. The van der Waals surface area contributed by atoms with Crippen LogP contribution in [0.2, 0.25) is 0 Å². The van der Waals surface area contributed by atoms with Gasteiger partial charge in [0.2, 0.25) is 0 Å². The summed E-state index contributed by atoms with van der Waals surface area (Å²) >= 11 is 3.55. The van der Waals surface area contributed by atoms with Gasteiger partial charge >= 0.3 is 0 Å². The summed E-state index contributed by atoms with van der Waals surface area (Å²) in [5.41, 5.74) is 0.758. The van der Waals surface area contributed by atoms with Crippen molar-refractivity contribution in [3.63, 3.8) is 0 Å². The average molecular weight is 360 g/mol. The largest absolute Gasteiger partial charge is 0.490 e. The Hall–Kier alpha value is -0.780. The van der Waals surface area contributed by atoms with E-state index >= 15 is 0 Å². The molecule has 0 radical (unpaired) electrons. The molecule has 0 heterocycles. The average Bonchev–Trinajstić information content (AvgIpc) is 2.40. The van der Waals surface area contributed by atoms with Gasteiger partial charge in [-0.2, -0.15) is 0 Å². The van der Waals surface area contributed by atoms with Crippen molar-refractivity contribution in [1.82, 2.24) is 5.32 Å². The smallest absolute Gasteiger partial charge is 0.175 e. The minimum absolute atomic E-state index is 0.0813. The van der Waals surface area contributed by atoms with Crippen molar-refractivity contribution in [2.75, 3.05) is 13.2 Å². The van der Waals surface area contributed by atoms with Crippen LogP contribution in [0.15, 0.2) is 16.6 Å². The van der Waals surface area contributed by atoms with Gasteiger partial charge in [-0.05, 0) is 68.2 Å². The fourth-order valence-corrected chi connectivity index (χ4v) is 2.32. The lowest BCUT2D eigenvalue weighted by Gasteiger charge is -2.24. The van der Waals surface area contributed by atoms with Crippen LogP contribution in [0, 0.1) is 0 Å². The molecule has 5 heteroatoms. The second-order valence-corrected chi connectivity index (χ2v) is 6.75. The molecule has 0 unspecified atom stereocenters. The zero-order valence-corrected chi connectivity index (χ0v) is 15.1. The lowest BCUT2D eigenvalue weighted by molar-refractivity contribution is 0.187. The first-order valence-corrected chi connectivity index (χ1v) is 8.06. The quantitative estimate of drug-likeness (QED) is 0.745. The molecule has 2 N–H and O–H groups in total. The van der Waals surface area contributed by atoms with E-state index in [0.717, 1.165) is 21.5 Å². The van der Waals surface area contributed by atoms with Gasteiger partial charge in [0, 0.05) is 12.1 Å². The molecular formula is C16H26BrNO3. The van der Waals surface area contributed by atoms with Gasteiger partial charge < -0.3 is 19.9 Å². The Bertz CT molecular complexity index is 461. The zero-order valence-electron chi connectivity index (χ0n) is 13.5. The van der Waals surface area contributed by atoms with Crippen molar-refractivity contribution in [2.24, 2.45) is 0 Å². The Labute approximate surface area is 136 Å². The number of hydrogen-bond acceptors (Lipinski definition) is 4. The Morgan fingerprint density at radius 1 is 1.33 bits per heavy atom. The van der Waals surface area contributed by atoms with E-state index in [2.05, 4.69) is 21.2 Å². The molecule has 0 saturated carbocycles. The maximum atomic E-state index is 9.29. The highest BCUT2D eigenvalue weighted by Gasteiger charge is 2.17. The van der Waals surface area contributed by atoms with Crippen molar-refractivity contribution in [2.45, 2.75) is 52.8 Å². The van der Waals surface area contributed by atoms with E-state index < -0.39 is 0 Å². The van der Waals surface area contributed by atoms with Crippen molar-refractivity contribution in [3.05, 3.63) is 22.2 Å². The maximum absolute atomic E-state index is 9.29. The van der Waals surface area contributed by atoms with Crippen LogP contribution < -0.4 is 14.8 Å². The van der Waals surface area contributed by atoms with Gasteiger partial charge in [0.25, 0.3) is 0 Å². The molecule has 120 valence electrons. The van der Waals surface area contributed by atoms with Gasteiger partial charge in [-0.1, -0.05) is 0 Å². The number of aliphatic hydroxyl groups excluding tert-OH is 1. The van der Waals surface area contributed by atoms with Gasteiger partial charge in [0.05, 0.1) is 23.8 Å². The summed E-state index contributed by atoms with van der Waals surface area (Å²) in [6.45, 7) is 11.2. The van der Waals surface area contributed by atoms with Crippen LogP contribution in [0.5, 0.6) is 11.5 Å². The van der Waals surface area contributed by atoms with E-state index in [1.807, 2.05) is 46.8 Å². The highest BCUT2D eigenvalue weighted by molar-refractivity contribution is 9.10. The summed E-state index contributed by atoms with van der Waals surface area (Å²) in [7, 11) is 0. The zero-order chi connectivity index (χ0) is 16.0. The van der Waals surface area contributed by atoms with Crippen LogP contribution >= 0.6 is 15.9 Å². The maximum Gasteiger partial charge on any atom is 0.175 e. The van der Waals surface area contributed by atoms with E-state index in [4.69, 9.17) is 9.47 Å². The molecule has 0 atom stereocenters. The van der Waals surface area contributed by atoms with Crippen LogP contribution in [-0.4, -0.2) is 30.0 Å². The van der Waals surface area contributed by atoms with Crippen LogP contribution in [0.3, 0.4) is 0 Å². The summed E-state index contributed by atoms with van der Waals surface area (Å²) in [4.78, 5) is 0. The molecule has 1 aromatic rings. The summed E-state index contributed by atoms with van der Waals surface area (Å²) < 4.78 is 12.4. The second kappa shape index (κ2) is 8.01. The third-order valence-electron chi connectivity index (χ3n) is 2.89. The molecule has 21 heavy (non-hydrogen) atoms. The summed E-state index contributed by atoms with van der Waals surface area (Å²) in [5.74, 6) is 1.47. The fourth-order valence-electron chi connectivity index (χ4n) is 1.73. The van der Waals surface area contributed by atoms with Crippen molar-refractivity contribution in [3.8, 4) is 11.5 Å². The molecule has 0 spiro atoms. The summed E-state index contributed by atoms with van der Waals surface area (Å²) in [6.07, 6.45) is 0.0813. The number of aliphatic hydroxyl groups is 1. The van der Waals surface area contributed by atoms with Crippen LogP contribution in [0.25, 0.3) is 0 Å². The molecule has 0 aliphatic heterocycles. The van der Waals surface area contributed by atoms with Crippen molar-refractivity contribution < 1.29 is 14.6 Å². The predicted octanol–water partition coefficient (Wildman–Crippen LogP) is 3.50. The normalized spacial score (nSPS) is 11.8. The lowest BCUT2D eigenvalue weighted by Crippen LogP contribution is -2.42. The molecule has 4 nitrogen and oxygen atoms in total. The Kier molecular flexibility index (Phi) is 6.97. The first kappa shape index (κ1) is 18.3. The molecule has 0 saturated heterocycles. The van der Waals surface area contributed by atoms with Gasteiger partial charge in [-0.3, -0.25) is 0 Å². The standard InChI is InChI=1S/C16H26BrNO3/c1-6-20-14-8-12(9-18-16(4,5)10-19)7-13(17)15(14)21-11(2)3/h7-8,11,18-19H,6,9-10H2,1-5H3. The summed E-state index contributed by atoms with van der Waals surface area (Å²) in [5, 5.41) is 12.6. The SMILES string of the molecule is CCOc1cc(CNC(C)(C)CO)cc(Br)c1OC(C)C. The Balaban J connectivity index is 2.97. The van der Waals surface area contributed by atoms with Crippen molar-refractivity contribution in [1.29, 1.82) is 0 Å². The number of nitrogens with one attached hydrogen (secondary N) is 1. The molecule has 0 aromatic heterocycles. The van der Waals surface area contributed by atoms with Gasteiger partial charge in [-0.15, -0.1) is 0 Å². The second-order valence-electron chi connectivity index (χ2n) is 5.90. The Morgan fingerprint density at radius 2 is 2.00 bits per heavy atom. The first-order valence-electron chi connectivity index (χ1n) is 7.27. The molecular weight excluding hydrogens is 334 g/mol. The Morgan fingerprint density at radius 3 is 2.52 bits per heavy atom. The molecule has 1 aromatic carbocycles. The minimum Gasteiger partial charge on any atom is -0.490 e.